The van der Waals surface area contributed by atoms with Gasteiger partial charge in [0, 0.05) is 31.3 Å². The van der Waals surface area contributed by atoms with Gasteiger partial charge in [-0.15, -0.1) is 0 Å². The maximum absolute atomic E-state index is 12.4. The van der Waals surface area contributed by atoms with Crippen molar-refractivity contribution in [3.05, 3.63) is 89.9 Å². The van der Waals surface area contributed by atoms with E-state index in [1.807, 2.05) is 36.4 Å². The van der Waals surface area contributed by atoms with Gasteiger partial charge in [0.1, 0.15) is 0 Å². The van der Waals surface area contributed by atoms with Gasteiger partial charge in [0.2, 0.25) is 0 Å². The highest BCUT2D eigenvalue weighted by Crippen LogP contribution is 2.33. The van der Waals surface area contributed by atoms with Crippen molar-refractivity contribution in [2.24, 2.45) is 5.92 Å². The molecule has 2 unspecified atom stereocenters. The van der Waals surface area contributed by atoms with Crippen molar-refractivity contribution >= 4 is 17.6 Å². The van der Waals surface area contributed by atoms with E-state index in [0.29, 0.717) is 18.8 Å². The Morgan fingerprint density at radius 3 is 2.66 bits per heavy atom. The van der Waals surface area contributed by atoms with E-state index in [4.69, 9.17) is 9.15 Å². The first-order chi connectivity index (χ1) is 15.7. The number of hydrogen-bond donors (Lipinski definition) is 3. The first-order valence-electron chi connectivity index (χ1n) is 10.8. The van der Waals surface area contributed by atoms with Crippen LogP contribution >= 0.6 is 0 Å². The predicted molar refractivity (Wildman–Crippen MR) is 121 cm³/mol. The van der Waals surface area contributed by atoms with Gasteiger partial charge in [-0.2, -0.15) is 0 Å². The largest absolute Gasteiger partial charge is 0.459 e. The van der Waals surface area contributed by atoms with Gasteiger partial charge in [0.15, 0.2) is 5.76 Å². The molecule has 2 atom stereocenters. The molecule has 4 rings (SSSR count). The Labute approximate surface area is 187 Å². The molecule has 3 N–H and O–H groups in total. The molecular weight excluding hydrogens is 406 g/mol. The molecular formula is C25H27N3O4. The van der Waals surface area contributed by atoms with Crippen LogP contribution in [0.15, 0.2) is 77.4 Å². The van der Waals surface area contributed by atoms with Gasteiger partial charge in [-0.1, -0.05) is 42.5 Å². The topological polar surface area (TPSA) is 92.6 Å². The van der Waals surface area contributed by atoms with E-state index in [9.17, 15) is 9.59 Å². The van der Waals surface area contributed by atoms with Crippen LogP contribution in [0.2, 0.25) is 0 Å². The summed E-state index contributed by atoms with van der Waals surface area (Å²) in [7, 11) is 0. The number of amides is 3. The lowest BCUT2D eigenvalue weighted by Crippen LogP contribution is -2.40. The summed E-state index contributed by atoms with van der Waals surface area (Å²) in [6.07, 6.45) is 3.46. The summed E-state index contributed by atoms with van der Waals surface area (Å²) in [6, 6.07) is 20.5. The van der Waals surface area contributed by atoms with E-state index in [0.717, 1.165) is 30.6 Å². The van der Waals surface area contributed by atoms with Gasteiger partial charge in [0.05, 0.1) is 12.4 Å². The van der Waals surface area contributed by atoms with Gasteiger partial charge in [-0.25, -0.2) is 4.79 Å². The second kappa shape index (κ2) is 10.6. The van der Waals surface area contributed by atoms with E-state index < -0.39 is 0 Å². The van der Waals surface area contributed by atoms with Crippen LogP contribution in [0.25, 0.3) is 0 Å². The average Bonchev–Trinajstić information content (AvgIpc) is 3.38. The van der Waals surface area contributed by atoms with Crippen LogP contribution in [0.1, 0.15) is 40.6 Å². The Bertz CT molecular complexity index is 1020. The fourth-order valence-corrected chi connectivity index (χ4v) is 3.89. The third-order valence-electron chi connectivity index (χ3n) is 5.48. The maximum Gasteiger partial charge on any atom is 0.315 e. The van der Waals surface area contributed by atoms with Crippen LogP contribution in [-0.4, -0.2) is 25.1 Å². The molecule has 0 bridgehead atoms. The normalized spacial score (nSPS) is 18.0. The Balaban J connectivity index is 1.26. The van der Waals surface area contributed by atoms with Gasteiger partial charge >= 0.3 is 6.03 Å². The van der Waals surface area contributed by atoms with Gasteiger partial charge in [0.25, 0.3) is 5.91 Å². The van der Waals surface area contributed by atoms with Crippen molar-refractivity contribution in [1.82, 2.24) is 10.6 Å². The molecule has 1 aromatic heterocycles. The predicted octanol–water partition coefficient (Wildman–Crippen LogP) is 4.50. The SMILES string of the molecule is O=C(NCc1cccc(NC(=O)c2ccco2)c1)NCC1CCCOC1c1ccccc1. The summed E-state index contributed by atoms with van der Waals surface area (Å²) < 4.78 is 11.1. The van der Waals surface area contributed by atoms with Crippen LogP contribution in [0.4, 0.5) is 10.5 Å². The first kappa shape index (κ1) is 21.6. The zero-order valence-corrected chi connectivity index (χ0v) is 17.8. The van der Waals surface area contributed by atoms with E-state index in [1.165, 1.54) is 6.26 Å². The molecule has 3 aromatic rings. The number of rotatable bonds is 7. The van der Waals surface area contributed by atoms with Gasteiger partial charge in [-0.05, 0) is 48.2 Å². The standard InChI is InChI=1S/C25H27N3O4/c29-24(22-12-6-13-31-22)28-21-11-4-7-18(15-21)16-26-25(30)27-17-20-10-5-14-32-23(20)19-8-2-1-3-9-19/h1-4,6-9,11-13,15,20,23H,5,10,14,16-17H2,(H,28,29)(H2,26,27,30). The van der Waals surface area contributed by atoms with E-state index in [1.54, 1.807) is 18.2 Å². The number of furan rings is 1. The molecule has 2 aromatic carbocycles. The molecule has 32 heavy (non-hydrogen) atoms. The van der Waals surface area contributed by atoms with Crippen molar-refractivity contribution in [1.29, 1.82) is 0 Å². The summed E-state index contributed by atoms with van der Waals surface area (Å²) >= 11 is 0. The monoisotopic (exact) mass is 433 g/mol. The van der Waals surface area contributed by atoms with Gasteiger partial charge in [-0.3, -0.25) is 4.79 Å². The van der Waals surface area contributed by atoms with E-state index in [2.05, 4.69) is 28.1 Å². The number of anilines is 1. The van der Waals surface area contributed by atoms with Crippen LogP contribution in [0, 0.1) is 5.92 Å². The number of hydrogen-bond acceptors (Lipinski definition) is 4. The van der Waals surface area contributed by atoms with Crippen LogP contribution in [0.3, 0.4) is 0 Å². The highest BCUT2D eigenvalue weighted by molar-refractivity contribution is 6.02. The number of carbonyl (C=O) groups excluding carboxylic acids is 2. The van der Waals surface area contributed by atoms with Crippen molar-refractivity contribution in [3.63, 3.8) is 0 Å². The third-order valence-corrected chi connectivity index (χ3v) is 5.48. The fraction of sp³-hybridized carbons (Fsp3) is 0.280. The molecule has 0 aliphatic carbocycles. The molecule has 1 fully saturated rings. The number of benzene rings is 2. The van der Waals surface area contributed by atoms with Crippen LogP contribution in [-0.2, 0) is 11.3 Å². The van der Waals surface area contributed by atoms with Crippen LogP contribution in [0.5, 0.6) is 0 Å². The zero-order valence-electron chi connectivity index (χ0n) is 17.8. The molecule has 1 aliphatic heterocycles. The second-order valence-corrected chi connectivity index (χ2v) is 7.80. The number of urea groups is 1. The second-order valence-electron chi connectivity index (χ2n) is 7.80. The summed E-state index contributed by atoms with van der Waals surface area (Å²) in [5.74, 6) is 0.158. The summed E-state index contributed by atoms with van der Waals surface area (Å²) in [5.41, 5.74) is 2.66. The summed E-state index contributed by atoms with van der Waals surface area (Å²) in [6.45, 7) is 1.64. The Morgan fingerprint density at radius 2 is 1.84 bits per heavy atom. The summed E-state index contributed by atoms with van der Waals surface area (Å²) in [4.78, 5) is 24.5. The smallest absolute Gasteiger partial charge is 0.315 e. The molecule has 2 heterocycles. The van der Waals surface area contributed by atoms with Crippen LogP contribution < -0.4 is 16.0 Å². The fourth-order valence-electron chi connectivity index (χ4n) is 3.89. The van der Waals surface area contributed by atoms with Gasteiger partial charge < -0.3 is 25.1 Å². The van der Waals surface area contributed by atoms with Crippen molar-refractivity contribution in [3.8, 4) is 0 Å². The Morgan fingerprint density at radius 1 is 0.969 bits per heavy atom. The molecule has 7 nitrogen and oxygen atoms in total. The molecule has 0 saturated carbocycles. The zero-order chi connectivity index (χ0) is 22.2. The highest BCUT2D eigenvalue weighted by atomic mass is 16.5. The maximum atomic E-state index is 12.4. The van der Waals surface area contributed by atoms with Crippen molar-refractivity contribution in [2.75, 3.05) is 18.5 Å². The lowest BCUT2D eigenvalue weighted by Gasteiger charge is -2.32. The Kier molecular flexibility index (Phi) is 7.19. The molecule has 0 spiro atoms. The van der Waals surface area contributed by atoms with Crippen molar-refractivity contribution < 1.29 is 18.7 Å². The molecule has 7 heteroatoms. The number of ether oxygens (including phenoxy) is 1. The molecule has 1 saturated heterocycles. The van der Waals surface area contributed by atoms with E-state index >= 15 is 0 Å². The minimum Gasteiger partial charge on any atom is -0.459 e. The lowest BCUT2D eigenvalue weighted by atomic mass is 9.89. The number of carbonyl (C=O) groups is 2. The Hall–Kier alpha value is -3.58. The molecule has 1 aliphatic rings. The quantitative estimate of drug-likeness (QED) is 0.512. The molecule has 0 radical (unpaired) electrons. The first-order valence-corrected chi connectivity index (χ1v) is 10.8. The van der Waals surface area contributed by atoms with Crippen molar-refractivity contribution in [2.45, 2.75) is 25.5 Å². The van der Waals surface area contributed by atoms with E-state index in [-0.39, 0.29) is 29.7 Å². The number of nitrogens with one attached hydrogen (secondary N) is 3. The minimum atomic E-state index is -0.319. The minimum absolute atomic E-state index is 0.000273. The summed E-state index contributed by atoms with van der Waals surface area (Å²) in [5, 5.41) is 8.64. The highest BCUT2D eigenvalue weighted by Gasteiger charge is 2.27. The lowest BCUT2D eigenvalue weighted by molar-refractivity contribution is -0.0269. The third kappa shape index (κ3) is 5.76. The molecule has 166 valence electrons. The average molecular weight is 434 g/mol. The molecule has 3 amide bonds.